The Kier molecular flexibility index (Phi) is 6.02. The largest absolute Gasteiger partial charge is 0.369 e. The summed E-state index contributed by atoms with van der Waals surface area (Å²) in [6.07, 6.45) is 2.62. The predicted octanol–water partition coefficient (Wildman–Crippen LogP) is 1.99. The van der Waals surface area contributed by atoms with E-state index in [0.29, 0.717) is 18.3 Å². The van der Waals surface area contributed by atoms with Gasteiger partial charge in [-0.2, -0.15) is 10.1 Å². The first-order valence-electron chi connectivity index (χ1n) is 7.20. The molecule has 0 saturated carbocycles. The van der Waals surface area contributed by atoms with Crippen molar-refractivity contribution in [2.24, 2.45) is 0 Å². The molecule has 0 saturated heterocycles. The van der Waals surface area contributed by atoms with Crippen LogP contribution in [0, 0.1) is 5.82 Å². The van der Waals surface area contributed by atoms with Crippen LogP contribution >= 0.6 is 0 Å². The van der Waals surface area contributed by atoms with Crippen LogP contribution < -0.4 is 10.6 Å². The summed E-state index contributed by atoms with van der Waals surface area (Å²) in [5.74, 6) is 0.892. The number of nitrogens with one attached hydrogen (secondary N) is 2. The van der Waals surface area contributed by atoms with Crippen molar-refractivity contribution < 1.29 is 4.39 Å². The Morgan fingerprint density at radius 3 is 2.64 bits per heavy atom. The Balaban J connectivity index is 1.81. The molecule has 0 aliphatic heterocycles. The molecule has 6 nitrogen and oxygen atoms in total. The van der Waals surface area contributed by atoms with E-state index in [9.17, 15) is 4.39 Å². The zero-order valence-corrected chi connectivity index (χ0v) is 12.9. The van der Waals surface area contributed by atoms with Crippen molar-refractivity contribution in [3.63, 3.8) is 0 Å². The number of benzene rings is 1. The van der Waals surface area contributed by atoms with Gasteiger partial charge in [-0.3, -0.25) is 0 Å². The molecular formula is C15H21FN6. The number of halogens is 1. The molecule has 0 spiro atoms. The van der Waals surface area contributed by atoms with Gasteiger partial charge >= 0.3 is 0 Å². The first-order valence-corrected chi connectivity index (χ1v) is 7.20. The smallest absolute Gasteiger partial charge is 0.244 e. The van der Waals surface area contributed by atoms with Crippen molar-refractivity contribution in [1.29, 1.82) is 0 Å². The van der Waals surface area contributed by atoms with E-state index in [1.165, 1.54) is 12.1 Å². The van der Waals surface area contributed by atoms with Gasteiger partial charge in [-0.1, -0.05) is 12.1 Å². The summed E-state index contributed by atoms with van der Waals surface area (Å²) < 4.78 is 12.8. The fraction of sp³-hybridized carbons (Fsp3) is 0.400. The minimum atomic E-state index is -0.245. The normalized spacial score (nSPS) is 10.7. The molecule has 22 heavy (non-hydrogen) atoms. The Hall–Kier alpha value is -2.28. The molecule has 7 heteroatoms. The molecule has 0 aliphatic carbocycles. The summed E-state index contributed by atoms with van der Waals surface area (Å²) in [5, 5.41) is 14.1. The number of anilines is 2. The quantitative estimate of drug-likeness (QED) is 0.727. The van der Waals surface area contributed by atoms with E-state index in [1.807, 2.05) is 14.1 Å². The number of aromatic nitrogens is 3. The average molecular weight is 304 g/mol. The van der Waals surface area contributed by atoms with Crippen LogP contribution in [0.25, 0.3) is 0 Å². The lowest BCUT2D eigenvalue weighted by Crippen LogP contribution is -2.17. The molecule has 1 aromatic carbocycles. The molecule has 0 radical (unpaired) electrons. The Labute approximate surface area is 129 Å². The SMILES string of the molecule is CN(C)CCCNc1cnnc(NCc2ccc(F)cc2)n1. The van der Waals surface area contributed by atoms with Gasteiger partial charge in [0, 0.05) is 13.1 Å². The van der Waals surface area contributed by atoms with Gasteiger partial charge in [-0.05, 0) is 44.8 Å². The molecule has 1 heterocycles. The minimum absolute atomic E-state index is 0.245. The Morgan fingerprint density at radius 1 is 1.14 bits per heavy atom. The number of hydrogen-bond acceptors (Lipinski definition) is 6. The van der Waals surface area contributed by atoms with Crippen LogP contribution in [-0.4, -0.2) is 47.3 Å². The third-order valence-electron chi connectivity index (χ3n) is 3.01. The zero-order valence-electron chi connectivity index (χ0n) is 12.9. The van der Waals surface area contributed by atoms with E-state index < -0.39 is 0 Å². The second-order valence-corrected chi connectivity index (χ2v) is 5.23. The molecular weight excluding hydrogens is 283 g/mol. The molecule has 0 fully saturated rings. The molecule has 118 valence electrons. The summed E-state index contributed by atoms with van der Waals surface area (Å²) in [4.78, 5) is 6.47. The van der Waals surface area contributed by atoms with Gasteiger partial charge in [-0.25, -0.2) is 4.39 Å². The number of rotatable bonds is 8. The van der Waals surface area contributed by atoms with Gasteiger partial charge in [0.25, 0.3) is 0 Å². The minimum Gasteiger partial charge on any atom is -0.369 e. The second kappa shape index (κ2) is 8.23. The molecule has 2 aromatic rings. The van der Waals surface area contributed by atoms with Gasteiger partial charge in [0.15, 0.2) is 5.82 Å². The standard InChI is InChI=1S/C15H21FN6/c1-22(2)9-3-8-17-14-11-19-21-15(20-14)18-10-12-4-6-13(16)7-5-12/h4-7,11H,3,8-10H2,1-2H3,(H2,17,18,20,21). The molecule has 0 unspecified atom stereocenters. The second-order valence-electron chi connectivity index (χ2n) is 5.23. The van der Waals surface area contributed by atoms with E-state index in [-0.39, 0.29) is 5.82 Å². The molecule has 0 aliphatic rings. The molecule has 0 atom stereocenters. The summed E-state index contributed by atoms with van der Waals surface area (Å²) >= 11 is 0. The summed E-state index contributed by atoms with van der Waals surface area (Å²) in [6.45, 7) is 2.36. The fourth-order valence-corrected chi connectivity index (χ4v) is 1.86. The van der Waals surface area contributed by atoms with Gasteiger partial charge in [0.05, 0.1) is 6.20 Å². The first kappa shape index (κ1) is 16.1. The van der Waals surface area contributed by atoms with E-state index >= 15 is 0 Å². The van der Waals surface area contributed by atoms with Crippen LogP contribution in [0.2, 0.25) is 0 Å². The van der Waals surface area contributed by atoms with Gasteiger partial charge in [0.1, 0.15) is 5.82 Å². The van der Waals surface area contributed by atoms with Crippen molar-refractivity contribution in [2.75, 3.05) is 37.8 Å². The topological polar surface area (TPSA) is 66.0 Å². The van der Waals surface area contributed by atoms with Crippen molar-refractivity contribution in [1.82, 2.24) is 20.1 Å². The van der Waals surface area contributed by atoms with Gasteiger partial charge in [-0.15, -0.1) is 5.10 Å². The van der Waals surface area contributed by atoms with Crippen LogP contribution in [0.1, 0.15) is 12.0 Å². The highest BCUT2D eigenvalue weighted by atomic mass is 19.1. The van der Waals surface area contributed by atoms with E-state index in [1.54, 1.807) is 18.3 Å². The van der Waals surface area contributed by atoms with Crippen LogP contribution in [0.15, 0.2) is 30.5 Å². The van der Waals surface area contributed by atoms with Crippen molar-refractivity contribution in [2.45, 2.75) is 13.0 Å². The summed E-state index contributed by atoms with van der Waals surface area (Å²) in [6, 6.07) is 6.30. The van der Waals surface area contributed by atoms with Gasteiger partial charge in [0.2, 0.25) is 5.95 Å². The lowest BCUT2D eigenvalue weighted by molar-refractivity contribution is 0.405. The lowest BCUT2D eigenvalue weighted by Gasteiger charge is -2.10. The van der Waals surface area contributed by atoms with Crippen molar-refractivity contribution in [3.05, 3.63) is 41.8 Å². The summed E-state index contributed by atoms with van der Waals surface area (Å²) in [5.41, 5.74) is 0.953. The molecule has 2 rings (SSSR count). The van der Waals surface area contributed by atoms with Gasteiger partial charge < -0.3 is 15.5 Å². The van der Waals surface area contributed by atoms with Crippen LogP contribution in [-0.2, 0) is 6.54 Å². The molecule has 0 amide bonds. The maximum absolute atomic E-state index is 12.8. The Morgan fingerprint density at radius 2 is 1.91 bits per heavy atom. The third kappa shape index (κ3) is 5.61. The number of nitrogens with zero attached hydrogens (tertiary/aromatic N) is 4. The first-order chi connectivity index (χ1) is 10.6. The Bertz CT molecular complexity index is 573. The van der Waals surface area contributed by atoms with Crippen LogP contribution in [0.5, 0.6) is 0 Å². The maximum Gasteiger partial charge on any atom is 0.244 e. The van der Waals surface area contributed by atoms with Crippen molar-refractivity contribution >= 4 is 11.8 Å². The predicted molar refractivity (Wildman–Crippen MR) is 85.2 cm³/mol. The average Bonchev–Trinajstić information content (AvgIpc) is 2.51. The maximum atomic E-state index is 12.8. The zero-order chi connectivity index (χ0) is 15.8. The highest BCUT2D eigenvalue weighted by molar-refractivity contribution is 5.37. The van der Waals surface area contributed by atoms with E-state index in [0.717, 1.165) is 25.1 Å². The van der Waals surface area contributed by atoms with E-state index in [4.69, 9.17) is 0 Å². The van der Waals surface area contributed by atoms with E-state index in [2.05, 4.69) is 30.7 Å². The molecule has 1 aromatic heterocycles. The monoisotopic (exact) mass is 304 g/mol. The highest BCUT2D eigenvalue weighted by Crippen LogP contribution is 2.07. The lowest BCUT2D eigenvalue weighted by atomic mass is 10.2. The van der Waals surface area contributed by atoms with Crippen molar-refractivity contribution in [3.8, 4) is 0 Å². The molecule has 0 bridgehead atoms. The van der Waals surface area contributed by atoms with Crippen LogP contribution in [0.4, 0.5) is 16.2 Å². The summed E-state index contributed by atoms with van der Waals surface area (Å²) in [7, 11) is 4.09. The number of hydrogen-bond donors (Lipinski definition) is 2. The molecule has 2 N–H and O–H groups in total. The van der Waals surface area contributed by atoms with Crippen LogP contribution in [0.3, 0.4) is 0 Å². The highest BCUT2D eigenvalue weighted by Gasteiger charge is 2.01. The third-order valence-corrected chi connectivity index (χ3v) is 3.01. The fourth-order valence-electron chi connectivity index (χ4n) is 1.86.